The van der Waals surface area contributed by atoms with Crippen LogP contribution in [0.1, 0.15) is 51.4 Å². The second-order valence-corrected chi connectivity index (χ2v) is 5.26. The number of aliphatic hydroxyl groups is 1. The van der Waals surface area contributed by atoms with Gasteiger partial charge in [-0.1, -0.05) is 25.7 Å². The molecule has 2 aliphatic carbocycles. The number of nitrogens with zero attached hydrogens (tertiary/aromatic N) is 1. The third-order valence-electron chi connectivity index (χ3n) is 3.79. The van der Waals surface area contributed by atoms with E-state index in [-0.39, 0.29) is 0 Å². The van der Waals surface area contributed by atoms with Crippen molar-refractivity contribution in [1.29, 1.82) is 0 Å². The Bertz CT molecular complexity index is 253. The maximum absolute atomic E-state index is 10.1. The molecule has 0 unspecified atom stereocenters. The van der Waals surface area contributed by atoms with Crippen LogP contribution >= 0.6 is 0 Å². The number of nitrogens with two attached hydrogens (primary N) is 1. The van der Waals surface area contributed by atoms with Crippen LogP contribution in [0.15, 0.2) is 4.99 Å². The van der Waals surface area contributed by atoms with Gasteiger partial charge in [0.15, 0.2) is 5.96 Å². The minimum atomic E-state index is -0.581. The molecule has 0 saturated heterocycles. The Balaban J connectivity index is 1.77. The van der Waals surface area contributed by atoms with Crippen LogP contribution in [0.2, 0.25) is 0 Å². The smallest absolute Gasteiger partial charge is 0.188 e. The van der Waals surface area contributed by atoms with E-state index >= 15 is 0 Å². The zero-order valence-electron chi connectivity index (χ0n) is 9.91. The molecule has 4 heteroatoms. The van der Waals surface area contributed by atoms with Crippen molar-refractivity contribution in [3.63, 3.8) is 0 Å². The molecule has 4 N–H and O–H groups in total. The Morgan fingerprint density at radius 1 is 1.25 bits per heavy atom. The molecule has 0 spiro atoms. The minimum absolute atomic E-state index is 0.457. The van der Waals surface area contributed by atoms with Gasteiger partial charge in [-0.05, 0) is 25.7 Å². The molecule has 4 nitrogen and oxygen atoms in total. The van der Waals surface area contributed by atoms with Gasteiger partial charge >= 0.3 is 0 Å². The van der Waals surface area contributed by atoms with Gasteiger partial charge in [0.05, 0.1) is 12.1 Å². The predicted octanol–water partition coefficient (Wildman–Crippen LogP) is 1.14. The number of aliphatic imine (C=N–C) groups is 1. The van der Waals surface area contributed by atoms with E-state index in [1.54, 1.807) is 0 Å². The molecular formula is C12H23N3O. The number of nitrogens with one attached hydrogen (secondary N) is 1. The van der Waals surface area contributed by atoms with Crippen molar-refractivity contribution in [3.8, 4) is 0 Å². The molecule has 2 rings (SSSR count). The van der Waals surface area contributed by atoms with Crippen molar-refractivity contribution in [2.24, 2.45) is 10.7 Å². The minimum Gasteiger partial charge on any atom is -0.388 e. The van der Waals surface area contributed by atoms with E-state index in [9.17, 15) is 5.11 Å². The number of rotatable bonds is 3. The molecular weight excluding hydrogens is 202 g/mol. The highest BCUT2D eigenvalue weighted by molar-refractivity contribution is 5.78. The van der Waals surface area contributed by atoms with E-state index in [1.165, 1.54) is 25.7 Å². The van der Waals surface area contributed by atoms with Gasteiger partial charge in [0.25, 0.3) is 0 Å². The first kappa shape index (κ1) is 11.7. The third kappa shape index (κ3) is 3.11. The van der Waals surface area contributed by atoms with Gasteiger partial charge in [-0.15, -0.1) is 0 Å². The molecule has 0 heterocycles. The summed E-state index contributed by atoms with van der Waals surface area (Å²) in [6.45, 7) is 0.457. The Morgan fingerprint density at radius 2 is 1.88 bits per heavy atom. The topological polar surface area (TPSA) is 70.6 Å². The van der Waals surface area contributed by atoms with Gasteiger partial charge in [0.2, 0.25) is 0 Å². The molecule has 16 heavy (non-hydrogen) atoms. The average molecular weight is 225 g/mol. The second-order valence-electron chi connectivity index (χ2n) is 5.26. The quantitative estimate of drug-likeness (QED) is 0.498. The Hall–Kier alpha value is -0.770. The first-order valence-corrected chi connectivity index (χ1v) is 6.47. The molecule has 2 fully saturated rings. The normalized spacial score (nSPS) is 26.2. The molecule has 0 amide bonds. The third-order valence-corrected chi connectivity index (χ3v) is 3.79. The summed E-state index contributed by atoms with van der Waals surface area (Å²) in [4.78, 5) is 4.27. The SMILES string of the molecule is NC(=NCC1(O)CCCC1)NC1CCCC1. The van der Waals surface area contributed by atoms with Gasteiger partial charge in [-0.25, -0.2) is 0 Å². The lowest BCUT2D eigenvalue weighted by molar-refractivity contribution is 0.0574. The zero-order valence-corrected chi connectivity index (χ0v) is 9.91. The summed E-state index contributed by atoms with van der Waals surface area (Å²) < 4.78 is 0. The van der Waals surface area contributed by atoms with Crippen LogP contribution in [0.3, 0.4) is 0 Å². The van der Waals surface area contributed by atoms with E-state index in [2.05, 4.69) is 10.3 Å². The highest BCUT2D eigenvalue weighted by Gasteiger charge is 2.30. The fraction of sp³-hybridized carbons (Fsp3) is 0.917. The lowest BCUT2D eigenvalue weighted by Crippen LogP contribution is -2.40. The van der Waals surface area contributed by atoms with Crippen molar-refractivity contribution in [2.45, 2.75) is 63.0 Å². The van der Waals surface area contributed by atoms with E-state index in [1.807, 2.05) is 0 Å². The fourth-order valence-electron chi connectivity index (χ4n) is 2.75. The predicted molar refractivity (Wildman–Crippen MR) is 65.3 cm³/mol. The van der Waals surface area contributed by atoms with Crippen LogP contribution in [0, 0.1) is 0 Å². The van der Waals surface area contributed by atoms with E-state index in [0.717, 1.165) is 25.7 Å². The van der Waals surface area contributed by atoms with Crippen LogP contribution in [-0.4, -0.2) is 29.3 Å². The number of hydrogen-bond acceptors (Lipinski definition) is 2. The van der Waals surface area contributed by atoms with Crippen LogP contribution in [-0.2, 0) is 0 Å². The maximum Gasteiger partial charge on any atom is 0.188 e. The maximum atomic E-state index is 10.1. The highest BCUT2D eigenvalue weighted by atomic mass is 16.3. The molecule has 2 aliphatic rings. The van der Waals surface area contributed by atoms with Gasteiger partial charge in [-0.3, -0.25) is 4.99 Å². The molecule has 0 aromatic carbocycles. The zero-order chi connectivity index (χ0) is 11.4. The van der Waals surface area contributed by atoms with E-state index < -0.39 is 5.60 Å². The fourth-order valence-corrected chi connectivity index (χ4v) is 2.75. The molecule has 0 bridgehead atoms. The number of guanidine groups is 1. The van der Waals surface area contributed by atoms with Gasteiger partial charge in [-0.2, -0.15) is 0 Å². The van der Waals surface area contributed by atoms with Crippen LogP contribution in [0.5, 0.6) is 0 Å². The van der Waals surface area contributed by atoms with Gasteiger partial charge < -0.3 is 16.2 Å². The van der Waals surface area contributed by atoms with Crippen LogP contribution < -0.4 is 11.1 Å². The van der Waals surface area contributed by atoms with E-state index in [0.29, 0.717) is 18.5 Å². The molecule has 0 aliphatic heterocycles. The lowest BCUT2D eigenvalue weighted by Gasteiger charge is -2.20. The first-order valence-electron chi connectivity index (χ1n) is 6.47. The highest BCUT2D eigenvalue weighted by Crippen LogP contribution is 2.29. The summed E-state index contributed by atoms with van der Waals surface area (Å²) in [5.74, 6) is 0.507. The van der Waals surface area contributed by atoms with Gasteiger partial charge in [0, 0.05) is 6.04 Å². The summed E-state index contributed by atoms with van der Waals surface area (Å²) >= 11 is 0. The molecule has 0 aromatic heterocycles. The molecule has 0 atom stereocenters. The average Bonchev–Trinajstić information content (AvgIpc) is 2.88. The molecule has 92 valence electrons. The van der Waals surface area contributed by atoms with Gasteiger partial charge in [0.1, 0.15) is 0 Å². The van der Waals surface area contributed by atoms with Crippen molar-refractivity contribution in [1.82, 2.24) is 5.32 Å². The molecule has 2 saturated carbocycles. The summed E-state index contributed by atoms with van der Waals surface area (Å²) in [6, 6.07) is 0.502. The van der Waals surface area contributed by atoms with Crippen molar-refractivity contribution >= 4 is 5.96 Å². The van der Waals surface area contributed by atoms with Crippen LogP contribution in [0.25, 0.3) is 0 Å². The number of hydrogen-bond donors (Lipinski definition) is 3. The second kappa shape index (κ2) is 5.04. The Labute approximate surface area is 97.3 Å². The van der Waals surface area contributed by atoms with Crippen molar-refractivity contribution in [3.05, 3.63) is 0 Å². The molecule has 0 aromatic rings. The largest absolute Gasteiger partial charge is 0.388 e. The Morgan fingerprint density at radius 3 is 2.50 bits per heavy atom. The Kier molecular flexibility index (Phi) is 3.69. The summed E-state index contributed by atoms with van der Waals surface area (Å²) in [7, 11) is 0. The van der Waals surface area contributed by atoms with Crippen molar-refractivity contribution in [2.75, 3.05) is 6.54 Å². The van der Waals surface area contributed by atoms with E-state index in [4.69, 9.17) is 5.73 Å². The lowest BCUT2D eigenvalue weighted by atomic mass is 10.0. The summed E-state index contributed by atoms with van der Waals surface area (Å²) in [6.07, 6.45) is 8.93. The molecule has 0 radical (unpaired) electrons. The monoisotopic (exact) mass is 225 g/mol. The van der Waals surface area contributed by atoms with Crippen molar-refractivity contribution < 1.29 is 5.11 Å². The first-order chi connectivity index (χ1) is 7.68. The summed E-state index contributed by atoms with van der Waals surface area (Å²) in [5, 5.41) is 13.3. The van der Waals surface area contributed by atoms with Crippen LogP contribution in [0.4, 0.5) is 0 Å². The summed E-state index contributed by atoms with van der Waals surface area (Å²) in [5.41, 5.74) is 5.24. The standard InChI is InChI=1S/C12H23N3O/c13-11(15-10-5-1-2-6-10)14-9-12(16)7-3-4-8-12/h10,16H,1-9H2,(H3,13,14,15).